The van der Waals surface area contributed by atoms with Crippen LogP contribution < -0.4 is 16.4 Å². The third-order valence-corrected chi connectivity index (χ3v) is 11.2. The van der Waals surface area contributed by atoms with E-state index in [1.54, 1.807) is 4.90 Å². The van der Waals surface area contributed by atoms with Crippen molar-refractivity contribution < 1.29 is 27.1 Å². The van der Waals surface area contributed by atoms with Crippen LogP contribution in [0.5, 0.6) is 0 Å². The molecule has 0 spiro atoms. The van der Waals surface area contributed by atoms with Crippen molar-refractivity contribution in [1.29, 1.82) is 0 Å². The zero-order valence-electron chi connectivity index (χ0n) is 29.7. The third kappa shape index (κ3) is 14.5. The Labute approximate surface area is 291 Å². The molecule has 3 atom stereocenters. The molecule has 2 unspecified atom stereocenters. The van der Waals surface area contributed by atoms with Gasteiger partial charge in [0.1, 0.15) is 18.0 Å². The summed E-state index contributed by atoms with van der Waals surface area (Å²) < 4.78 is 47.4. The summed E-state index contributed by atoms with van der Waals surface area (Å²) in [5.74, 6) is -1.36. The molecule has 3 N–H and O–H groups in total. The van der Waals surface area contributed by atoms with E-state index >= 15 is 0 Å². The van der Waals surface area contributed by atoms with Gasteiger partial charge < -0.3 is 20.7 Å². The van der Waals surface area contributed by atoms with Gasteiger partial charge in [-0.25, -0.2) is 17.6 Å². The van der Waals surface area contributed by atoms with Gasteiger partial charge in [0.25, 0.3) is 0 Å². The lowest BCUT2D eigenvalue weighted by molar-refractivity contribution is -0.133. The minimum atomic E-state index is -3.76. The van der Waals surface area contributed by atoms with Crippen LogP contribution in [0.3, 0.4) is 0 Å². The predicted molar refractivity (Wildman–Crippen MR) is 198 cm³/mol. The number of benzene rings is 2. The molecule has 0 aliphatic carbocycles. The average molecular weight is 708 g/mol. The van der Waals surface area contributed by atoms with E-state index in [2.05, 4.69) is 21.5 Å². The summed E-state index contributed by atoms with van der Waals surface area (Å²) in [4.78, 5) is 29.3. The van der Waals surface area contributed by atoms with Gasteiger partial charge in [-0.1, -0.05) is 90.6 Å². The number of aryl methyl sites for hydroxylation is 1. The monoisotopic (exact) mass is 707 g/mol. The van der Waals surface area contributed by atoms with Crippen molar-refractivity contribution in [3.8, 4) is 0 Å². The number of nitrogens with one attached hydrogen (secondary N) is 1. The second kappa shape index (κ2) is 21.5. The van der Waals surface area contributed by atoms with Gasteiger partial charge in [0, 0.05) is 19.1 Å². The number of sulfone groups is 1. The van der Waals surface area contributed by atoms with E-state index in [0.717, 1.165) is 41.3 Å². The largest absolute Gasteiger partial charge is 0.446 e. The molecular weight excluding hydrogens is 648 g/mol. The lowest BCUT2D eigenvalue weighted by Gasteiger charge is -2.30. The highest BCUT2D eigenvalue weighted by Crippen LogP contribution is 2.19. The number of alkyl carbamates (subject to hydrolysis) is 1. The zero-order chi connectivity index (χ0) is 35.7. The van der Waals surface area contributed by atoms with Crippen LogP contribution in [0.2, 0.25) is 0 Å². The number of carbonyl (C=O) groups is 2. The highest BCUT2D eigenvalue weighted by Gasteiger charge is 2.35. The van der Waals surface area contributed by atoms with Gasteiger partial charge >= 0.3 is 6.09 Å². The molecule has 0 saturated carbocycles. The van der Waals surface area contributed by atoms with Crippen LogP contribution in [-0.4, -0.2) is 61.1 Å². The first kappa shape index (κ1) is 41.6. The van der Waals surface area contributed by atoms with E-state index in [1.165, 1.54) is 12.1 Å². The van der Waals surface area contributed by atoms with Crippen LogP contribution in [0.15, 0.2) is 42.5 Å². The molecule has 0 aliphatic rings. The second-order valence-corrected chi connectivity index (χ2v) is 15.9. The number of nitrogens with zero attached hydrogens (tertiary/aromatic N) is 1. The lowest BCUT2D eigenvalue weighted by atomic mass is 10.0. The average Bonchev–Trinajstić information content (AvgIpc) is 3.02. The molecule has 0 aliphatic heterocycles. The molecule has 0 heterocycles. The first-order valence-electron chi connectivity index (χ1n) is 17.7. The number of hydrogen-bond donors (Lipinski definition) is 2. The fourth-order valence-corrected chi connectivity index (χ4v) is 8.63. The number of amides is 2. The van der Waals surface area contributed by atoms with E-state index in [0.29, 0.717) is 51.4 Å². The third-order valence-electron chi connectivity index (χ3n) is 8.55. The SMILES string of the molecule is CCCC(CCC)OC(=O)NC(CS(=O)(=O)C(CCC)CCC)C(=O)N(CC[C@@H](N)Cc1cc(F)cc(P)c1)Cc1cccc(CC)c1. The summed E-state index contributed by atoms with van der Waals surface area (Å²) in [6.45, 7) is 10.4. The maximum absolute atomic E-state index is 14.4. The summed E-state index contributed by atoms with van der Waals surface area (Å²) in [6.07, 6.45) is 5.83. The van der Waals surface area contributed by atoms with E-state index in [9.17, 15) is 22.4 Å². The van der Waals surface area contributed by atoms with E-state index in [4.69, 9.17) is 10.5 Å². The molecule has 48 heavy (non-hydrogen) atoms. The highest BCUT2D eigenvalue weighted by atomic mass is 32.2. The Balaban J connectivity index is 2.44. The Morgan fingerprint density at radius 3 is 2.10 bits per heavy atom. The molecule has 0 saturated heterocycles. The summed E-state index contributed by atoms with van der Waals surface area (Å²) in [5.41, 5.74) is 9.26. The minimum absolute atomic E-state index is 0.212. The lowest BCUT2D eigenvalue weighted by Crippen LogP contribution is -2.53. The van der Waals surface area contributed by atoms with Crippen molar-refractivity contribution in [2.45, 2.75) is 135 Å². The quantitative estimate of drug-likeness (QED) is 0.133. The van der Waals surface area contributed by atoms with Gasteiger partial charge in [-0.3, -0.25) is 4.79 Å². The van der Waals surface area contributed by atoms with Crippen molar-refractivity contribution in [1.82, 2.24) is 10.2 Å². The van der Waals surface area contributed by atoms with Crippen LogP contribution in [0.1, 0.15) is 109 Å². The van der Waals surface area contributed by atoms with E-state index in [-0.39, 0.29) is 25.0 Å². The smallest absolute Gasteiger partial charge is 0.408 e. The molecule has 2 amide bonds. The van der Waals surface area contributed by atoms with Gasteiger partial charge in [-0.05, 0) is 79.1 Å². The number of halogens is 1. The van der Waals surface area contributed by atoms with Crippen LogP contribution in [-0.2, 0) is 38.8 Å². The first-order valence-corrected chi connectivity index (χ1v) is 20.0. The maximum atomic E-state index is 14.4. The van der Waals surface area contributed by atoms with Gasteiger partial charge in [0.2, 0.25) is 5.91 Å². The van der Waals surface area contributed by atoms with E-state index in [1.807, 2.05) is 58.0 Å². The number of ether oxygens (including phenoxy) is 1. The standard InChI is InChI=1S/C37H59FN3O5PS/c1-6-12-32(13-7-2)46-37(43)40-35(26-48(44,45)34(14-8-3)15-9-4)36(42)41(25-28-17-11-16-27(10-5)20-28)19-18-31(39)22-29-21-30(38)24-33(47)23-29/h11,16-17,20-21,23-24,31-32,34-35H,6-10,12-15,18-19,22,25-26,39,47H2,1-5H3,(H,40,43)/t31-,35?/m1/s1. The van der Waals surface area contributed by atoms with Gasteiger partial charge in [0.15, 0.2) is 9.84 Å². The van der Waals surface area contributed by atoms with Crippen LogP contribution in [0, 0.1) is 5.82 Å². The van der Waals surface area contributed by atoms with Crippen molar-refractivity contribution in [2.75, 3.05) is 12.3 Å². The van der Waals surface area contributed by atoms with Crippen LogP contribution >= 0.6 is 9.24 Å². The van der Waals surface area contributed by atoms with Gasteiger partial charge in [-0.15, -0.1) is 9.24 Å². The van der Waals surface area contributed by atoms with Crippen molar-refractivity contribution >= 4 is 36.4 Å². The zero-order valence-corrected chi connectivity index (χ0v) is 31.7. The molecule has 270 valence electrons. The molecule has 0 bridgehead atoms. The molecular formula is C37H59FN3O5PS. The van der Waals surface area contributed by atoms with Crippen molar-refractivity contribution in [3.05, 3.63) is 65.0 Å². The Bertz CT molecular complexity index is 1360. The number of hydrogen-bond acceptors (Lipinski definition) is 6. The first-order chi connectivity index (χ1) is 22.8. The summed E-state index contributed by atoms with van der Waals surface area (Å²) >= 11 is 0. The summed E-state index contributed by atoms with van der Waals surface area (Å²) in [5, 5.41) is 2.79. The highest BCUT2D eigenvalue weighted by molar-refractivity contribution is 7.92. The number of carbonyl (C=O) groups excluding carboxylic acids is 2. The summed E-state index contributed by atoms with van der Waals surface area (Å²) in [7, 11) is -1.27. The Morgan fingerprint density at radius 1 is 0.896 bits per heavy atom. The maximum Gasteiger partial charge on any atom is 0.408 e. The predicted octanol–water partition coefficient (Wildman–Crippen LogP) is 6.62. The minimum Gasteiger partial charge on any atom is -0.446 e. The fraction of sp³-hybridized carbons (Fsp3) is 0.622. The molecule has 2 aromatic carbocycles. The Hall–Kier alpha value is -2.55. The van der Waals surface area contributed by atoms with E-state index < -0.39 is 44.9 Å². The van der Waals surface area contributed by atoms with Crippen molar-refractivity contribution in [3.63, 3.8) is 0 Å². The topological polar surface area (TPSA) is 119 Å². The van der Waals surface area contributed by atoms with Gasteiger partial charge in [0.05, 0.1) is 11.0 Å². The normalized spacial score (nSPS) is 13.0. The molecule has 0 radical (unpaired) electrons. The molecule has 8 nitrogen and oxygen atoms in total. The molecule has 11 heteroatoms. The Morgan fingerprint density at radius 2 is 1.52 bits per heavy atom. The Kier molecular flexibility index (Phi) is 18.7. The van der Waals surface area contributed by atoms with Crippen LogP contribution in [0.4, 0.5) is 9.18 Å². The molecule has 0 fully saturated rings. The molecule has 0 aromatic heterocycles. The fourth-order valence-electron chi connectivity index (χ4n) is 6.10. The number of nitrogens with two attached hydrogens (primary N) is 1. The second-order valence-electron chi connectivity index (χ2n) is 12.9. The summed E-state index contributed by atoms with van der Waals surface area (Å²) in [6, 6.07) is 10.9. The van der Waals surface area contributed by atoms with Crippen molar-refractivity contribution in [2.24, 2.45) is 5.73 Å². The molecule has 2 aromatic rings. The molecule has 2 rings (SSSR count). The van der Waals surface area contributed by atoms with Gasteiger partial charge in [-0.2, -0.15) is 0 Å². The number of rotatable bonds is 22. The van der Waals surface area contributed by atoms with Crippen LogP contribution in [0.25, 0.3) is 0 Å².